The summed E-state index contributed by atoms with van der Waals surface area (Å²) in [5.74, 6) is -1.19. The minimum absolute atomic E-state index is 0.0434. The van der Waals surface area contributed by atoms with E-state index >= 15 is 0 Å². The Kier molecular flexibility index (Phi) is 3.99. The maximum atomic E-state index is 12.0. The van der Waals surface area contributed by atoms with E-state index in [9.17, 15) is 13.6 Å². The number of aliphatic carboxylic acids is 1. The summed E-state index contributed by atoms with van der Waals surface area (Å²) in [6, 6.07) is 4.55. The third kappa shape index (κ3) is 3.68. The predicted octanol–water partition coefficient (Wildman–Crippen LogP) is 2.69. The van der Waals surface area contributed by atoms with Crippen molar-refractivity contribution in [2.75, 3.05) is 0 Å². The molecule has 3 nitrogen and oxygen atoms in total. The van der Waals surface area contributed by atoms with Crippen LogP contribution in [0.3, 0.4) is 0 Å². The number of carbonyl (C=O) groups is 1. The Morgan fingerprint density at radius 2 is 2.19 bits per heavy atom. The van der Waals surface area contributed by atoms with Crippen LogP contribution in [-0.4, -0.2) is 17.7 Å². The van der Waals surface area contributed by atoms with Gasteiger partial charge in [0.2, 0.25) is 0 Å². The zero-order valence-electron chi connectivity index (χ0n) is 8.48. The van der Waals surface area contributed by atoms with Crippen LogP contribution in [-0.2, 0) is 4.79 Å². The van der Waals surface area contributed by atoms with Gasteiger partial charge >= 0.3 is 12.6 Å². The molecule has 0 spiro atoms. The van der Waals surface area contributed by atoms with Gasteiger partial charge < -0.3 is 9.84 Å². The zero-order valence-corrected chi connectivity index (χ0v) is 8.48. The van der Waals surface area contributed by atoms with E-state index in [1.807, 2.05) is 0 Å². The smallest absolute Gasteiger partial charge is 0.387 e. The first-order valence-electron chi connectivity index (χ1n) is 4.45. The van der Waals surface area contributed by atoms with E-state index in [0.29, 0.717) is 5.56 Å². The minimum Gasteiger partial charge on any atom is -0.478 e. The molecule has 5 heteroatoms. The van der Waals surface area contributed by atoms with E-state index in [4.69, 9.17) is 5.11 Å². The number of aryl methyl sites for hydroxylation is 1. The van der Waals surface area contributed by atoms with Crippen molar-refractivity contribution in [3.05, 3.63) is 35.4 Å². The summed E-state index contributed by atoms with van der Waals surface area (Å²) in [4.78, 5) is 10.3. The molecule has 0 heterocycles. The molecule has 1 N–H and O–H groups in total. The average molecular weight is 228 g/mol. The van der Waals surface area contributed by atoms with E-state index in [1.165, 1.54) is 12.1 Å². The molecule has 16 heavy (non-hydrogen) atoms. The summed E-state index contributed by atoms with van der Waals surface area (Å²) in [7, 11) is 0. The molecule has 0 atom stereocenters. The first kappa shape index (κ1) is 12.2. The molecule has 0 radical (unpaired) electrons. The third-order valence-corrected chi connectivity index (χ3v) is 1.79. The molecule has 0 aromatic heterocycles. The largest absolute Gasteiger partial charge is 0.478 e. The summed E-state index contributed by atoms with van der Waals surface area (Å²) >= 11 is 0. The van der Waals surface area contributed by atoms with E-state index < -0.39 is 12.6 Å². The van der Waals surface area contributed by atoms with Gasteiger partial charge in [-0.3, -0.25) is 0 Å². The summed E-state index contributed by atoms with van der Waals surface area (Å²) in [6.07, 6.45) is 2.08. The number of rotatable bonds is 4. The maximum Gasteiger partial charge on any atom is 0.387 e. The minimum atomic E-state index is -2.93. The van der Waals surface area contributed by atoms with Gasteiger partial charge in [-0.1, -0.05) is 11.6 Å². The van der Waals surface area contributed by atoms with Crippen LogP contribution in [0.25, 0.3) is 6.08 Å². The number of benzene rings is 1. The van der Waals surface area contributed by atoms with Crippen LogP contribution in [0.2, 0.25) is 0 Å². The van der Waals surface area contributed by atoms with Gasteiger partial charge in [-0.2, -0.15) is 8.78 Å². The highest BCUT2D eigenvalue weighted by molar-refractivity contribution is 5.85. The van der Waals surface area contributed by atoms with Crippen LogP contribution in [0.15, 0.2) is 24.3 Å². The molecule has 0 fully saturated rings. The number of hydrogen-bond donors (Lipinski definition) is 1. The summed E-state index contributed by atoms with van der Waals surface area (Å²) in [5, 5.41) is 8.44. The van der Waals surface area contributed by atoms with Gasteiger partial charge in [-0.05, 0) is 25.1 Å². The Hall–Kier alpha value is -1.91. The van der Waals surface area contributed by atoms with Crippen molar-refractivity contribution in [2.45, 2.75) is 13.5 Å². The first-order chi connectivity index (χ1) is 7.49. The molecule has 0 amide bonds. The van der Waals surface area contributed by atoms with E-state index in [2.05, 4.69) is 4.74 Å². The van der Waals surface area contributed by atoms with Gasteiger partial charge in [0.05, 0.1) is 0 Å². The van der Waals surface area contributed by atoms with Gasteiger partial charge in [-0.15, -0.1) is 0 Å². The Balaban J connectivity index is 3.03. The van der Waals surface area contributed by atoms with Crippen LogP contribution < -0.4 is 4.74 Å². The fourth-order valence-corrected chi connectivity index (χ4v) is 1.16. The van der Waals surface area contributed by atoms with Crippen LogP contribution in [0.4, 0.5) is 8.78 Å². The van der Waals surface area contributed by atoms with E-state index in [0.717, 1.165) is 11.6 Å². The van der Waals surface area contributed by atoms with Crippen molar-refractivity contribution in [1.82, 2.24) is 0 Å². The Morgan fingerprint density at radius 1 is 1.50 bits per heavy atom. The Labute approximate surface area is 91.0 Å². The molecule has 0 saturated carbocycles. The topological polar surface area (TPSA) is 46.5 Å². The molecule has 0 bridgehead atoms. The molecule has 1 aromatic carbocycles. The van der Waals surface area contributed by atoms with Gasteiger partial charge in [0.25, 0.3) is 0 Å². The molecule has 0 aliphatic rings. The van der Waals surface area contributed by atoms with Gasteiger partial charge in [0, 0.05) is 11.6 Å². The number of hydrogen-bond acceptors (Lipinski definition) is 2. The van der Waals surface area contributed by atoms with Crippen LogP contribution in [0.1, 0.15) is 11.1 Å². The van der Waals surface area contributed by atoms with Crippen molar-refractivity contribution in [2.24, 2.45) is 0 Å². The van der Waals surface area contributed by atoms with Crippen LogP contribution in [0, 0.1) is 6.92 Å². The van der Waals surface area contributed by atoms with Crippen LogP contribution >= 0.6 is 0 Å². The van der Waals surface area contributed by atoms with Crippen LogP contribution in [0.5, 0.6) is 5.75 Å². The van der Waals surface area contributed by atoms with Gasteiger partial charge in [0.1, 0.15) is 5.75 Å². The first-order valence-corrected chi connectivity index (χ1v) is 4.45. The molecule has 1 rings (SSSR count). The second kappa shape index (κ2) is 5.25. The number of carboxylic acids is 1. The van der Waals surface area contributed by atoms with E-state index in [-0.39, 0.29) is 5.75 Å². The van der Waals surface area contributed by atoms with Crippen molar-refractivity contribution in [1.29, 1.82) is 0 Å². The summed E-state index contributed by atoms with van der Waals surface area (Å²) < 4.78 is 28.3. The Morgan fingerprint density at radius 3 is 2.75 bits per heavy atom. The standard InChI is InChI=1S/C11H10F2O3/c1-7-2-4-9(16-11(12)13)8(6-7)3-5-10(14)15/h2-6,11H,1H3,(H,14,15). The lowest BCUT2D eigenvalue weighted by atomic mass is 10.1. The quantitative estimate of drug-likeness (QED) is 0.806. The highest BCUT2D eigenvalue weighted by atomic mass is 19.3. The number of halogens is 2. The Bertz CT molecular complexity index is 414. The fraction of sp³-hybridized carbons (Fsp3) is 0.182. The molecule has 86 valence electrons. The second-order valence-electron chi connectivity index (χ2n) is 3.09. The lowest BCUT2D eigenvalue weighted by Gasteiger charge is -2.08. The number of carboxylic acid groups (broad SMARTS) is 1. The molecule has 1 aromatic rings. The monoisotopic (exact) mass is 228 g/mol. The number of ether oxygens (including phenoxy) is 1. The summed E-state index contributed by atoms with van der Waals surface area (Å²) in [5.41, 5.74) is 1.13. The average Bonchev–Trinajstić information content (AvgIpc) is 2.17. The lowest BCUT2D eigenvalue weighted by molar-refractivity contribution is -0.131. The highest BCUT2D eigenvalue weighted by Gasteiger charge is 2.08. The van der Waals surface area contributed by atoms with Gasteiger partial charge in [-0.25, -0.2) is 4.79 Å². The predicted molar refractivity (Wildman–Crippen MR) is 54.5 cm³/mol. The lowest BCUT2D eigenvalue weighted by Crippen LogP contribution is -2.03. The van der Waals surface area contributed by atoms with Crippen molar-refractivity contribution in [3.8, 4) is 5.75 Å². The fourth-order valence-electron chi connectivity index (χ4n) is 1.16. The zero-order chi connectivity index (χ0) is 12.1. The molecule has 0 aliphatic carbocycles. The van der Waals surface area contributed by atoms with Crippen molar-refractivity contribution >= 4 is 12.0 Å². The van der Waals surface area contributed by atoms with Crippen molar-refractivity contribution in [3.63, 3.8) is 0 Å². The van der Waals surface area contributed by atoms with Gasteiger partial charge in [0.15, 0.2) is 0 Å². The molecule has 0 saturated heterocycles. The highest BCUT2D eigenvalue weighted by Crippen LogP contribution is 2.23. The third-order valence-electron chi connectivity index (χ3n) is 1.79. The molecular weight excluding hydrogens is 218 g/mol. The summed E-state index contributed by atoms with van der Waals surface area (Å²) in [6.45, 7) is -1.16. The van der Waals surface area contributed by atoms with E-state index in [1.54, 1.807) is 19.1 Å². The SMILES string of the molecule is Cc1ccc(OC(F)F)c(C=CC(=O)O)c1. The maximum absolute atomic E-state index is 12.0. The molecule has 0 unspecified atom stereocenters. The normalized spacial score (nSPS) is 11.0. The second-order valence-corrected chi connectivity index (χ2v) is 3.09. The molecule has 0 aliphatic heterocycles. The van der Waals surface area contributed by atoms with Crippen molar-refractivity contribution < 1.29 is 23.4 Å². The molecular formula is C11H10F2O3. The number of alkyl halides is 2.